The highest BCUT2D eigenvalue weighted by atomic mass is 79.9. The number of H-pyrrole nitrogens is 1. The van der Waals surface area contributed by atoms with Crippen LogP contribution in [0.25, 0.3) is 10.9 Å². The van der Waals surface area contributed by atoms with Crippen LogP contribution in [-0.4, -0.2) is 22.7 Å². The van der Waals surface area contributed by atoms with E-state index in [1.807, 2.05) is 36.4 Å². The molecule has 0 spiro atoms. The zero-order valence-corrected chi connectivity index (χ0v) is 23.0. The van der Waals surface area contributed by atoms with Gasteiger partial charge in [-0.3, -0.25) is 9.59 Å². The predicted molar refractivity (Wildman–Crippen MR) is 145 cm³/mol. The highest BCUT2D eigenvalue weighted by molar-refractivity contribution is 9.10. The number of esters is 2. The van der Waals surface area contributed by atoms with Gasteiger partial charge in [0.25, 0.3) is 5.79 Å². The number of hydrogen-bond donors (Lipinski definition) is 1. The third-order valence-corrected chi connectivity index (χ3v) is 7.28. The minimum absolute atomic E-state index is 0.151. The highest BCUT2D eigenvalue weighted by Crippen LogP contribution is 2.44. The molecule has 0 aliphatic carbocycles. The molecule has 1 fully saturated rings. The molecule has 190 valence electrons. The minimum Gasteiger partial charge on any atom is -0.489 e. The average Bonchev–Trinajstić information content (AvgIpc) is 3.25. The second-order valence-corrected chi connectivity index (χ2v) is 11.0. The maximum Gasteiger partial charge on any atom is 0.324 e. The van der Waals surface area contributed by atoms with E-state index in [0.717, 1.165) is 26.5 Å². The Kier molecular flexibility index (Phi) is 6.96. The molecule has 5 rings (SSSR count). The number of rotatable bonds is 6. The summed E-state index contributed by atoms with van der Waals surface area (Å²) in [5.41, 5.74) is 2.96. The maximum absolute atomic E-state index is 13.3. The molecule has 4 aromatic rings. The fourth-order valence-electron chi connectivity index (χ4n) is 4.57. The zero-order valence-electron chi connectivity index (χ0n) is 19.9. The van der Waals surface area contributed by atoms with Crippen molar-refractivity contribution in [1.82, 2.24) is 4.98 Å². The molecule has 1 aliphatic rings. The van der Waals surface area contributed by atoms with Crippen molar-refractivity contribution in [2.45, 2.75) is 32.2 Å². The molecule has 6 nitrogen and oxygen atoms in total. The Balaban J connectivity index is 1.63. The molecule has 1 N–H and O–H groups in total. The first-order chi connectivity index (χ1) is 17.6. The SMILES string of the molecule is CC1(C)OC(=O)C([C@@H](c2cc(Br)ccc2OCc2ccc(Cl)cc2Cl)c2c[nH]c3ccccc23)C(=O)O1. The first-order valence-corrected chi connectivity index (χ1v) is 13.1. The van der Waals surface area contributed by atoms with Gasteiger partial charge in [0.05, 0.1) is 0 Å². The van der Waals surface area contributed by atoms with Gasteiger partial charge in [0.1, 0.15) is 12.4 Å². The van der Waals surface area contributed by atoms with E-state index in [4.69, 9.17) is 37.4 Å². The van der Waals surface area contributed by atoms with Gasteiger partial charge in [-0.1, -0.05) is 63.4 Å². The largest absolute Gasteiger partial charge is 0.489 e. The molecule has 37 heavy (non-hydrogen) atoms. The van der Waals surface area contributed by atoms with Crippen molar-refractivity contribution in [2.75, 3.05) is 0 Å². The number of carbonyl (C=O) groups excluding carboxylic acids is 2. The normalized spacial score (nSPS) is 16.4. The van der Waals surface area contributed by atoms with Crippen molar-refractivity contribution in [1.29, 1.82) is 0 Å². The summed E-state index contributed by atoms with van der Waals surface area (Å²) >= 11 is 15.9. The lowest BCUT2D eigenvalue weighted by Crippen LogP contribution is -2.48. The van der Waals surface area contributed by atoms with Crippen LogP contribution in [0.4, 0.5) is 0 Å². The van der Waals surface area contributed by atoms with E-state index in [1.54, 1.807) is 30.5 Å². The Morgan fingerprint density at radius 2 is 1.73 bits per heavy atom. The van der Waals surface area contributed by atoms with Gasteiger partial charge in [-0.2, -0.15) is 0 Å². The van der Waals surface area contributed by atoms with Crippen LogP contribution in [0.15, 0.2) is 71.3 Å². The van der Waals surface area contributed by atoms with Gasteiger partial charge >= 0.3 is 11.9 Å². The number of aromatic amines is 1. The van der Waals surface area contributed by atoms with Gasteiger partial charge in [-0.25, -0.2) is 0 Å². The van der Waals surface area contributed by atoms with Crippen LogP contribution in [0.5, 0.6) is 5.75 Å². The molecule has 1 aromatic heterocycles. The lowest BCUT2D eigenvalue weighted by Gasteiger charge is -2.36. The van der Waals surface area contributed by atoms with Crippen LogP contribution in [0.3, 0.4) is 0 Å². The molecule has 0 bridgehead atoms. The zero-order chi connectivity index (χ0) is 26.3. The van der Waals surface area contributed by atoms with Crippen LogP contribution in [0, 0.1) is 5.92 Å². The molecule has 0 radical (unpaired) electrons. The van der Waals surface area contributed by atoms with Crippen molar-refractivity contribution in [3.63, 3.8) is 0 Å². The third kappa shape index (κ3) is 5.21. The number of nitrogens with one attached hydrogen (secondary N) is 1. The number of aromatic nitrogens is 1. The fraction of sp³-hybridized carbons (Fsp3) is 0.214. The average molecular weight is 603 g/mol. The van der Waals surface area contributed by atoms with Gasteiger partial charge in [-0.05, 0) is 42.0 Å². The van der Waals surface area contributed by atoms with Crippen molar-refractivity contribution in [3.05, 3.63) is 98.1 Å². The quantitative estimate of drug-likeness (QED) is 0.184. The van der Waals surface area contributed by atoms with Crippen molar-refractivity contribution in [3.8, 4) is 5.75 Å². The van der Waals surface area contributed by atoms with Crippen molar-refractivity contribution >= 4 is 62.0 Å². The second kappa shape index (κ2) is 10.0. The summed E-state index contributed by atoms with van der Waals surface area (Å²) in [5.74, 6) is -4.21. The van der Waals surface area contributed by atoms with Crippen LogP contribution in [0.2, 0.25) is 10.0 Å². The lowest BCUT2D eigenvalue weighted by molar-refractivity contribution is -0.240. The molecule has 3 aromatic carbocycles. The molecule has 1 atom stereocenters. The number of carbonyl (C=O) groups is 2. The Hall–Kier alpha value is -3.00. The molecule has 0 unspecified atom stereocenters. The van der Waals surface area contributed by atoms with E-state index in [9.17, 15) is 9.59 Å². The minimum atomic E-state index is -1.35. The molecule has 0 amide bonds. The van der Waals surface area contributed by atoms with E-state index in [0.29, 0.717) is 21.4 Å². The van der Waals surface area contributed by atoms with Crippen LogP contribution in [0.1, 0.15) is 36.5 Å². The summed E-state index contributed by atoms with van der Waals surface area (Å²) in [4.78, 5) is 29.8. The molecule has 9 heteroatoms. The van der Waals surface area contributed by atoms with Gasteiger partial charge in [0, 0.05) is 62.5 Å². The van der Waals surface area contributed by atoms with Crippen molar-refractivity contribution in [2.24, 2.45) is 5.92 Å². The summed E-state index contributed by atoms with van der Waals surface area (Å²) in [7, 11) is 0. The number of cyclic esters (lactones) is 2. The topological polar surface area (TPSA) is 77.6 Å². The number of hydrogen-bond acceptors (Lipinski definition) is 5. The molecule has 1 aliphatic heterocycles. The monoisotopic (exact) mass is 601 g/mol. The summed E-state index contributed by atoms with van der Waals surface area (Å²) < 4.78 is 18.0. The summed E-state index contributed by atoms with van der Waals surface area (Å²) in [6.45, 7) is 3.21. The molecule has 0 saturated carbocycles. The smallest absolute Gasteiger partial charge is 0.324 e. The number of halogens is 3. The number of fused-ring (bicyclic) bond motifs is 1. The first kappa shape index (κ1) is 25.6. The maximum atomic E-state index is 13.3. The molecule has 1 saturated heterocycles. The third-order valence-electron chi connectivity index (χ3n) is 6.20. The Bertz CT molecular complexity index is 1500. The van der Waals surface area contributed by atoms with Gasteiger partial charge in [-0.15, -0.1) is 0 Å². The van der Waals surface area contributed by atoms with Crippen molar-refractivity contribution < 1.29 is 23.8 Å². The predicted octanol–water partition coefficient (Wildman–Crippen LogP) is 7.40. The molecular weight excluding hydrogens is 581 g/mol. The second-order valence-electron chi connectivity index (χ2n) is 9.19. The summed E-state index contributed by atoms with van der Waals surface area (Å²) in [6.07, 6.45) is 1.80. The molecule has 2 heterocycles. The first-order valence-electron chi connectivity index (χ1n) is 11.5. The molecular formula is C28H22BrCl2NO5. The Morgan fingerprint density at radius 3 is 2.46 bits per heavy atom. The Morgan fingerprint density at radius 1 is 1.00 bits per heavy atom. The van der Waals surface area contributed by atoms with Crippen LogP contribution >= 0.6 is 39.1 Å². The van der Waals surface area contributed by atoms with Crippen LogP contribution < -0.4 is 4.74 Å². The van der Waals surface area contributed by atoms with Crippen LogP contribution in [-0.2, 0) is 25.7 Å². The number of ether oxygens (including phenoxy) is 3. The number of para-hydroxylation sites is 1. The van der Waals surface area contributed by atoms with Gasteiger partial charge in [0.2, 0.25) is 0 Å². The standard InChI is InChI=1S/C28H22BrCl2NO5/c1-28(2)36-26(33)25(27(34)37-28)24(20-13-32-22-6-4-3-5-18(20)22)19-11-16(29)8-10-23(19)35-14-15-7-9-17(30)12-21(15)31/h3-13,24-25,32H,14H2,1-2H3/t24-/m0/s1. The summed E-state index contributed by atoms with van der Waals surface area (Å²) in [5, 5.41) is 1.86. The van der Waals surface area contributed by atoms with E-state index in [2.05, 4.69) is 20.9 Å². The lowest BCUT2D eigenvalue weighted by atomic mass is 9.79. The Labute approximate surface area is 231 Å². The van der Waals surface area contributed by atoms with E-state index < -0.39 is 29.6 Å². The summed E-state index contributed by atoms with van der Waals surface area (Å²) in [6, 6.07) is 18.3. The number of benzene rings is 3. The van der Waals surface area contributed by atoms with E-state index in [-0.39, 0.29) is 6.61 Å². The fourth-order valence-corrected chi connectivity index (χ4v) is 5.41. The van der Waals surface area contributed by atoms with E-state index >= 15 is 0 Å². The van der Waals surface area contributed by atoms with Gasteiger partial charge in [0.15, 0.2) is 5.92 Å². The van der Waals surface area contributed by atoms with E-state index in [1.165, 1.54) is 13.8 Å². The van der Waals surface area contributed by atoms with Gasteiger partial charge < -0.3 is 19.2 Å². The highest BCUT2D eigenvalue weighted by Gasteiger charge is 2.49.